The van der Waals surface area contributed by atoms with Crippen LogP contribution in [0.25, 0.3) is 34.5 Å². The third-order valence-electron chi connectivity index (χ3n) is 11.8. The minimum atomic E-state index is -0.864. The number of benzene rings is 6. The van der Waals surface area contributed by atoms with Crippen LogP contribution in [-0.4, -0.2) is 54.7 Å². The third kappa shape index (κ3) is 10.3. The Kier molecular flexibility index (Phi) is 13.1. The number of non-ortho nitro benzene ring substituents is 2. The molecule has 0 aliphatic heterocycles. The van der Waals surface area contributed by atoms with E-state index in [2.05, 4.69) is 29.9 Å². The number of carbonyl (C=O) groups excluding carboxylic acids is 1. The summed E-state index contributed by atoms with van der Waals surface area (Å²) in [7, 11) is 0. The van der Waals surface area contributed by atoms with Crippen LogP contribution in [0.15, 0.2) is 195 Å². The number of nitro groups is 2. The quantitative estimate of drug-likeness (QED) is 0.0580. The number of imidazole rings is 2. The number of fused-ring (bicyclic) bond motifs is 2. The molecule has 352 valence electrons. The van der Waals surface area contributed by atoms with Gasteiger partial charge in [0.15, 0.2) is 28.1 Å². The monoisotopic (exact) mass is 952 g/mol. The van der Waals surface area contributed by atoms with E-state index in [0.717, 1.165) is 11.1 Å². The molecule has 0 spiro atoms. The summed E-state index contributed by atoms with van der Waals surface area (Å²) in [5.41, 5.74) is 6.73. The molecular weight excluding hydrogens is 913 g/mol. The van der Waals surface area contributed by atoms with Gasteiger partial charge in [-0.3, -0.25) is 25.0 Å². The van der Waals surface area contributed by atoms with Crippen molar-refractivity contribution in [3.63, 3.8) is 0 Å². The molecule has 10 aromatic rings. The second-order valence-electron chi connectivity index (χ2n) is 16.5. The van der Waals surface area contributed by atoms with Gasteiger partial charge in [-0.2, -0.15) is 9.97 Å². The topological polar surface area (TPSA) is 209 Å². The Morgan fingerprint density at radius 2 is 0.889 bits per heavy atom. The molecule has 0 aliphatic rings. The fourth-order valence-electron chi connectivity index (χ4n) is 8.13. The van der Waals surface area contributed by atoms with Crippen molar-refractivity contribution >= 4 is 51.6 Å². The van der Waals surface area contributed by atoms with Crippen LogP contribution in [0, 0.1) is 20.2 Å². The predicted octanol–water partition coefficient (Wildman–Crippen LogP) is 11.3. The van der Waals surface area contributed by atoms with E-state index in [4.69, 9.17) is 9.47 Å². The zero-order valence-electron chi connectivity index (χ0n) is 38.0. The molecule has 0 fully saturated rings. The van der Waals surface area contributed by atoms with Crippen LogP contribution in [0.3, 0.4) is 0 Å². The highest BCUT2D eigenvalue weighted by Gasteiger charge is 2.27. The van der Waals surface area contributed by atoms with E-state index < -0.39 is 21.7 Å². The van der Waals surface area contributed by atoms with Crippen molar-refractivity contribution in [3.8, 4) is 23.3 Å². The van der Waals surface area contributed by atoms with Crippen LogP contribution in [0.1, 0.15) is 45.2 Å². The molecule has 4 heterocycles. The molecule has 0 saturated heterocycles. The van der Waals surface area contributed by atoms with Crippen molar-refractivity contribution < 1.29 is 24.1 Å². The fourth-order valence-corrected chi connectivity index (χ4v) is 8.13. The molecule has 0 amide bonds. The number of nitro benzene ring substituents is 2. The largest absolute Gasteiger partial charge is 0.437 e. The molecule has 17 nitrogen and oxygen atoms in total. The molecule has 2 unspecified atom stereocenters. The maximum atomic E-state index is 15.3. The van der Waals surface area contributed by atoms with E-state index in [9.17, 15) is 20.2 Å². The zero-order chi connectivity index (χ0) is 49.4. The fraction of sp³-hybridized carbons (Fsp3) is 0.0727. The number of allylic oxidation sites excluding steroid dienone is 2. The zero-order valence-corrected chi connectivity index (χ0v) is 38.0. The molecule has 0 saturated carbocycles. The van der Waals surface area contributed by atoms with Crippen LogP contribution < -0.4 is 9.47 Å². The molecular formula is C55H40N10O7. The summed E-state index contributed by atoms with van der Waals surface area (Å²) in [6.45, 7) is 1.12. The van der Waals surface area contributed by atoms with Gasteiger partial charge in [0.1, 0.15) is 24.2 Å². The molecule has 4 aromatic heterocycles. The van der Waals surface area contributed by atoms with Crippen molar-refractivity contribution in [1.82, 2.24) is 39.0 Å². The molecule has 0 bridgehead atoms. The van der Waals surface area contributed by atoms with Crippen molar-refractivity contribution in [3.05, 3.63) is 249 Å². The lowest BCUT2D eigenvalue weighted by atomic mass is 9.82. The lowest BCUT2D eigenvalue weighted by Crippen LogP contribution is -2.18. The maximum absolute atomic E-state index is 15.3. The number of aromatic nitrogens is 8. The molecule has 0 aliphatic carbocycles. The van der Waals surface area contributed by atoms with Gasteiger partial charge in [-0.05, 0) is 81.9 Å². The van der Waals surface area contributed by atoms with Crippen molar-refractivity contribution in [1.29, 1.82) is 0 Å². The van der Waals surface area contributed by atoms with Crippen LogP contribution in [0.4, 0.5) is 11.4 Å². The van der Waals surface area contributed by atoms with E-state index in [1.165, 1.54) is 36.9 Å². The van der Waals surface area contributed by atoms with E-state index in [-0.39, 0.29) is 28.9 Å². The van der Waals surface area contributed by atoms with Crippen LogP contribution >= 0.6 is 0 Å². The molecule has 17 heteroatoms. The first-order chi connectivity index (χ1) is 35.2. The minimum Gasteiger partial charge on any atom is -0.437 e. The van der Waals surface area contributed by atoms with E-state index in [0.29, 0.717) is 69.2 Å². The number of hydrogen-bond donors (Lipinski definition) is 0. The van der Waals surface area contributed by atoms with Crippen LogP contribution in [0.2, 0.25) is 0 Å². The normalized spacial score (nSPS) is 12.3. The average molecular weight is 953 g/mol. The van der Waals surface area contributed by atoms with Gasteiger partial charge in [0, 0.05) is 24.3 Å². The van der Waals surface area contributed by atoms with Gasteiger partial charge in [-0.25, -0.2) is 19.9 Å². The molecule has 0 radical (unpaired) electrons. The van der Waals surface area contributed by atoms with E-state index in [1.54, 1.807) is 110 Å². The standard InChI is InChI=1S/C55H40N10O7/c66-51(47(29-15-37-11-21-43(22-12-37)64(67)68)41-17-25-45(26-18-41)71-54-49-52(56-33-58-54)62(35-60-49)31-39-7-3-1-4-8-39)48(30-16-38-13-23-44(24-14-38)65(69)70)42-19-27-46(28-20-42)72-55-50-53(57-34-59-55)63(36-61-50)32-40-9-5-2-6-10-40/h1-30,33-36,47-48H,31-32H2/b29-15+,30-16+. The lowest BCUT2D eigenvalue weighted by molar-refractivity contribution is -0.385. The highest BCUT2D eigenvalue weighted by molar-refractivity contribution is 5.96. The maximum Gasteiger partial charge on any atom is 0.269 e. The summed E-state index contributed by atoms with van der Waals surface area (Å²) in [5.74, 6) is -0.552. The first-order valence-corrected chi connectivity index (χ1v) is 22.6. The van der Waals surface area contributed by atoms with Gasteiger partial charge in [0.05, 0.1) is 47.4 Å². The summed E-state index contributed by atoms with van der Waals surface area (Å²) in [6.07, 6.45) is 13.3. The molecule has 10 rings (SSSR count). The van der Waals surface area contributed by atoms with Gasteiger partial charge in [-0.15, -0.1) is 0 Å². The number of ketones is 1. The molecule has 6 aromatic carbocycles. The Hall–Kier alpha value is -10.0. The lowest BCUT2D eigenvalue weighted by Gasteiger charge is -2.20. The smallest absolute Gasteiger partial charge is 0.269 e. The Labute approximate surface area is 410 Å². The summed E-state index contributed by atoms with van der Waals surface area (Å²) >= 11 is 0. The van der Waals surface area contributed by atoms with Gasteiger partial charge < -0.3 is 18.6 Å². The van der Waals surface area contributed by atoms with Gasteiger partial charge in [0.25, 0.3) is 23.1 Å². The Bertz CT molecular complexity index is 3360. The molecule has 2 atom stereocenters. The molecule has 0 N–H and O–H groups in total. The number of hydrogen-bond acceptors (Lipinski definition) is 13. The van der Waals surface area contributed by atoms with Gasteiger partial charge >= 0.3 is 0 Å². The Balaban J connectivity index is 0.962. The minimum absolute atomic E-state index is 0.0648. The first kappa shape index (κ1) is 45.7. The number of nitrogens with zero attached hydrogens (tertiary/aromatic N) is 10. The van der Waals surface area contributed by atoms with Crippen molar-refractivity contribution in [2.24, 2.45) is 0 Å². The summed E-state index contributed by atoms with van der Waals surface area (Å²) in [6, 6.07) is 46.1. The Morgan fingerprint density at radius 3 is 1.26 bits per heavy atom. The van der Waals surface area contributed by atoms with E-state index in [1.807, 2.05) is 69.8 Å². The summed E-state index contributed by atoms with van der Waals surface area (Å²) in [4.78, 5) is 64.1. The first-order valence-electron chi connectivity index (χ1n) is 22.6. The highest BCUT2D eigenvalue weighted by atomic mass is 16.6. The average Bonchev–Trinajstić information content (AvgIpc) is 4.03. The SMILES string of the molecule is O=C(C(/C=C/c1ccc([N+](=O)[O-])cc1)c1ccc(Oc2ncnc3c2ncn3Cc2ccccc2)cc1)C(/C=C/c1ccc([N+](=O)[O-])cc1)c1ccc(Oc2ncnc3c2ncn3Cc2ccccc2)cc1. The summed E-state index contributed by atoms with van der Waals surface area (Å²) < 4.78 is 16.4. The number of Topliss-reactive ketones (excluding diaryl/α,β-unsaturated/α-hetero) is 1. The van der Waals surface area contributed by atoms with Crippen molar-refractivity contribution in [2.45, 2.75) is 24.9 Å². The highest BCUT2D eigenvalue weighted by Crippen LogP contribution is 2.35. The summed E-state index contributed by atoms with van der Waals surface area (Å²) in [5, 5.41) is 22.9. The second kappa shape index (κ2) is 20.7. The van der Waals surface area contributed by atoms with Crippen LogP contribution in [-0.2, 0) is 17.9 Å². The number of rotatable bonds is 18. The predicted molar refractivity (Wildman–Crippen MR) is 270 cm³/mol. The number of ether oxygens (including phenoxy) is 2. The Morgan fingerprint density at radius 1 is 0.500 bits per heavy atom. The van der Waals surface area contributed by atoms with Crippen LogP contribution in [0.5, 0.6) is 23.3 Å². The van der Waals surface area contributed by atoms with Gasteiger partial charge in [0.2, 0.25) is 0 Å². The van der Waals surface area contributed by atoms with Gasteiger partial charge in [-0.1, -0.05) is 109 Å². The number of carbonyl (C=O) groups is 1. The van der Waals surface area contributed by atoms with Crippen molar-refractivity contribution in [2.75, 3.05) is 0 Å². The second-order valence-corrected chi connectivity index (χ2v) is 16.5. The molecule has 72 heavy (non-hydrogen) atoms. The third-order valence-corrected chi connectivity index (χ3v) is 11.8. The van der Waals surface area contributed by atoms with E-state index >= 15 is 4.79 Å².